The SMILES string of the molecule is N[C@H]1CCN(Cc2nc3ccc(F)cc3s2)C1. The molecule has 3 rings (SSSR count). The molecule has 2 heterocycles. The fourth-order valence-electron chi connectivity index (χ4n) is 2.21. The summed E-state index contributed by atoms with van der Waals surface area (Å²) in [6, 6.07) is 5.03. The summed E-state index contributed by atoms with van der Waals surface area (Å²) in [6.07, 6.45) is 1.06. The number of aromatic nitrogens is 1. The van der Waals surface area contributed by atoms with Crippen LogP contribution in [0.3, 0.4) is 0 Å². The lowest BCUT2D eigenvalue weighted by molar-refractivity contribution is 0.326. The number of benzene rings is 1. The van der Waals surface area contributed by atoms with E-state index in [9.17, 15) is 4.39 Å². The Morgan fingerprint density at radius 3 is 3.18 bits per heavy atom. The molecule has 1 aromatic carbocycles. The summed E-state index contributed by atoms with van der Waals surface area (Å²) in [7, 11) is 0. The molecular formula is C12H14FN3S. The summed E-state index contributed by atoms with van der Waals surface area (Å²) in [5.41, 5.74) is 6.75. The summed E-state index contributed by atoms with van der Waals surface area (Å²) >= 11 is 1.57. The highest BCUT2D eigenvalue weighted by Gasteiger charge is 2.20. The van der Waals surface area contributed by atoms with Gasteiger partial charge in [0.05, 0.1) is 16.8 Å². The molecule has 0 unspecified atom stereocenters. The molecule has 2 aromatic rings. The Kier molecular flexibility index (Phi) is 2.82. The molecule has 90 valence electrons. The van der Waals surface area contributed by atoms with Crippen LogP contribution in [0.1, 0.15) is 11.4 Å². The number of hydrogen-bond donors (Lipinski definition) is 1. The highest BCUT2D eigenvalue weighted by Crippen LogP contribution is 2.24. The van der Waals surface area contributed by atoms with E-state index in [4.69, 9.17) is 5.73 Å². The van der Waals surface area contributed by atoms with E-state index in [1.165, 1.54) is 6.07 Å². The molecule has 1 saturated heterocycles. The van der Waals surface area contributed by atoms with Gasteiger partial charge in [-0.15, -0.1) is 11.3 Å². The maximum absolute atomic E-state index is 13.1. The lowest BCUT2D eigenvalue weighted by Gasteiger charge is -2.12. The van der Waals surface area contributed by atoms with Crippen molar-refractivity contribution in [3.05, 3.63) is 29.0 Å². The maximum Gasteiger partial charge on any atom is 0.124 e. The molecule has 0 bridgehead atoms. The predicted octanol–water partition coefficient (Wildman–Crippen LogP) is 1.97. The molecule has 1 atom stereocenters. The molecule has 0 amide bonds. The zero-order valence-electron chi connectivity index (χ0n) is 9.40. The van der Waals surface area contributed by atoms with Crippen molar-refractivity contribution < 1.29 is 4.39 Å². The summed E-state index contributed by atoms with van der Waals surface area (Å²) in [6.45, 7) is 2.80. The van der Waals surface area contributed by atoms with Crippen molar-refractivity contribution in [1.29, 1.82) is 0 Å². The van der Waals surface area contributed by atoms with Crippen molar-refractivity contribution >= 4 is 21.6 Å². The molecule has 0 saturated carbocycles. The van der Waals surface area contributed by atoms with Gasteiger partial charge in [-0.05, 0) is 24.6 Å². The van der Waals surface area contributed by atoms with E-state index < -0.39 is 0 Å². The number of thiazole rings is 1. The molecule has 0 spiro atoms. The van der Waals surface area contributed by atoms with Gasteiger partial charge in [-0.2, -0.15) is 0 Å². The van der Waals surface area contributed by atoms with Gasteiger partial charge in [-0.3, -0.25) is 4.90 Å². The van der Waals surface area contributed by atoms with Crippen LogP contribution in [0.2, 0.25) is 0 Å². The van der Waals surface area contributed by atoms with Crippen LogP contribution in [0.5, 0.6) is 0 Å². The Hall–Kier alpha value is -1.04. The first-order chi connectivity index (χ1) is 8.20. The van der Waals surface area contributed by atoms with Crippen LogP contribution in [0.4, 0.5) is 4.39 Å². The minimum absolute atomic E-state index is 0.198. The number of likely N-dealkylation sites (tertiary alicyclic amines) is 1. The van der Waals surface area contributed by atoms with Gasteiger partial charge in [-0.1, -0.05) is 0 Å². The molecule has 1 aliphatic heterocycles. The maximum atomic E-state index is 13.1. The molecule has 17 heavy (non-hydrogen) atoms. The fourth-order valence-corrected chi connectivity index (χ4v) is 3.25. The lowest BCUT2D eigenvalue weighted by atomic mass is 10.3. The molecule has 5 heteroatoms. The van der Waals surface area contributed by atoms with Gasteiger partial charge >= 0.3 is 0 Å². The van der Waals surface area contributed by atoms with Crippen molar-refractivity contribution in [2.45, 2.75) is 19.0 Å². The smallest absolute Gasteiger partial charge is 0.124 e. The standard InChI is InChI=1S/C12H14FN3S/c13-8-1-2-10-11(5-8)17-12(15-10)7-16-4-3-9(14)6-16/h1-2,5,9H,3-4,6-7,14H2/t9-/m0/s1. The van der Waals surface area contributed by atoms with E-state index >= 15 is 0 Å². The molecule has 1 aromatic heterocycles. The first kappa shape index (κ1) is 11.1. The summed E-state index contributed by atoms with van der Waals surface area (Å²) in [5.74, 6) is -0.198. The van der Waals surface area contributed by atoms with Crippen LogP contribution in [-0.2, 0) is 6.54 Å². The highest BCUT2D eigenvalue weighted by molar-refractivity contribution is 7.18. The van der Waals surface area contributed by atoms with Gasteiger partial charge in [-0.25, -0.2) is 9.37 Å². The molecule has 3 nitrogen and oxygen atoms in total. The largest absolute Gasteiger partial charge is 0.326 e. The topological polar surface area (TPSA) is 42.1 Å². The van der Waals surface area contributed by atoms with Gasteiger partial charge in [0.15, 0.2) is 0 Å². The van der Waals surface area contributed by atoms with E-state index in [1.807, 2.05) is 0 Å². The molecular weight excluding hydrogens is 237 g/mol. The average Bonchev–Trinajstić information content (AvgIpc) is 2.84. The van der Waals surface area contributed by atoms with Crippen molar-refractivity contribution in [2.24, 2.45) is 5.73 Å². The Morgan fingerprint density at radius 2 is 2.41 bits per heavy atom. The third-order valence-electron chi connectivity index (χ3n) is 3.06. The molecule has 1 fully saturated rings. The zero-order valence-corrected chi connectivity index (χ0v) is 10.2. The second-order valence-electron chi connectivity index (χ2n) is 4.50. The third-order valence-corrected chi connectivity index (χ3v) is 4.07. The lowest BCUT2D eigenvalue weighted by Crippen LogP contribution is -2.26. The summed E-state index contributed by atoms with van der Waals surface area (Å²) in [5, 5.41) is 1.04. The van der Waals surface area contributed by atoms with Crippen molar-refractivity contribution in [2.75, 3.05) is 13.1 Å². The molecule has 0 aliphatic carbocycles. The second kappa shape index (κ2) is 4.33. The van der Waals surface area contributed by atoms with Gasteiger partial charge in [0.1, 0.15) is 10.8 Å². The monoisotopic (exact) mass is 251 g/mol. The Bertz CT molecular complexity index is 540. The van der Waals surface area contributed by atoms with Crippen LogP contribution >= 0.6 is 11.3 Å². The highest BCUT2D eigenvalue weighted by atomic mass is 32.1. The fraction of sp³-hybridized carbons (Fsp3) is 0.417. The number of rotatable bonds is 2. The quantitative estimate of drug-likeness (QED) is 0.887. The first-order valence-electron chi connectivity index (χ1n) is 5.73. The third kappa shape index (κ3) is 2.31. The number of nitrogens with zero attached hydrogens (tertiary/aromatic N) is 2. The zero-order chi connectivity index (χ0) is 11.8. The van der Waals surface area contributed by atoms with E-state index in [0.29, 0.717) is 6.04 Å². The normalized spacial score (nSPS) is 21.4. The number of hydrogen-bond acceptors (Lipinski definition) is 4. The first-order valence-corrected chi connectivity index (χ1v) is 6.55. The van der Waals surface area contributed by atoms with Crippen LogP contribution in [0.15, 0.2) is 18.2 Å². The average molecular weight is 251 g/mol. The van der Waals surface area contributed by atoms with Gasteiger partial charge in [0, 0.05) is 19.1 Å². The molecule has 0 radical (unpaired) electrons. The number of halogens is 1. The van der Waals surface area contributed by atoms with E-state index in [0.717, 1.165) is 41.3 Å². The Morgan fingerprint density at radius 1 is 1.53 bits per heavy atom. The summed E-state index contributed by atoms with van der Waals surface area (Å²) in [4.78, 5) is 6.82. The van der Waals surface area contributed by atoms with Gasteiger partial charge in [0.25, 0.3) is 0 Å². The number of nitrogens with two attached hydrogens (primary N) is 1. The minimum Gasteiger partial charge on any atom is -0.326 e. The summed E-state index contributed by atoms with van der Waals surface area (Å²) < 4.78 is 14.0. The van der Waals surface area contributed by atoms with Crippen molar-refractivity contribution in [3.63, 3.8) is 0 Å². The second-order valence-corrected chi connectivity index (χ2v) is 5.62. The van der Waals surface area contributed by atoms with E-state index in [1.54, 1.807) is 23.5 Å². The van der Waals surface area contributed by atoms with Crippen molar-refractivity contribution in [1.82, 2.24) is 9.88 Å². The van der Waals surface area contributed by atoms with Gasteiger partial charge < -0.3 is 5.73 Å². The van der Waals surface area contributed by atoms with Crippen molar-refractivity contribution in [3.8, 4) is 0 Å². The van der Waals surface area contributed by atoms with Crippen LogP contribution < -0.4 is 5.73 Å². The van der Waals surface area contributed by atoms with Crippen LogP contribution in [-0.4, -0.2) is 29.0 Å². The molecule has 1 aliphatic rings. The number of fused-ring (bicyclic) bond motifs is 1. The minimum atomic E-state index is -0.198. The Balaban J connectivity index is 1.81. The Labute approximate surface area is 103 Å². The predicted molar refractivity (Wildman–Crippen MR) is 67.4 cm³/mol. The van der Waals surface area contributed by atoms with E-state index in [2.05, 4.69) is 9.88 Å². The van der Waals surface area contributed by atoms with Crippen LogP contribution in [0, 0.1) is 5.82 Å². The van der Waals surface area contributed by atoms with Gasteiger partial charge in [0.2, 0.25) is 0 Å². The van der Waals surface area contributed by atoms with Crippen LogP contribution in [0.25, 0.3) is 10.2 Å². The molecule has 2 N–H and O–H groups in total. The van der Waals surface area contributed by atoms with E-state index in [-0.39, 0.29) is 5.82 Å².